The molecule has 1 heterocycles. The second-order valence-corrected chi connectivity index (χ2v) is 7.10. The average molecular weight is 288 g/mol. The lowest BCUT2D eigenvalue weighted by Crippen LogP contribution is -2.33. The first-order valence-corrected chi connectivity index (χ1v) is 7.62. The van der Waals surface area contributed by atoms with Crippen LogP contribution >= 0.6 is 7.37 Å². The van der Waals surface area contributed by atoms with Crippen molar-refractivity contribution in [3.05, 3.63) is 35.9 Å². The molecular weight excluding hydrogens is 271 g/mol. The van der Waals surface area contributed by atoms with Gasteiger partial charge in [-0.25, -0.2) is 0 Å². The van der Waals surface area contributed by atoms with Crippen molar-refractivity contribution in [2.45, 2.75) is 30.5 Å². The first-order chi connectivity index (χ1) is 9.00. The first-order valence-electron chi connectivity index (χ1n) is 5.85. The highest BCUT2D eigenvalue weighted by molar-refractivity contribution is 7.60. The normalized spacial score (nSPS) is 38.5. The lowest BCUT2D eigenvalue weighted by Gasteiger charge is -2.22. The molecule has 5 atom stereocenters. The van der Waals surface area contributed by atoms with Crippen molar-refractivity contribution in [1.82, 2.24) is 0 Å². The van der Waals surface area contributed by atoms with E-state index in [1.54, 1.807) is 0 Å². The number of aliphatic hydroxyl groups is 3. The number of ether oxygens (including phenoxy) is 1. The third-order valence-electron chi connectivity index (χ3n) is 3.22. The topological polar surface area (TPSA) is 96.2 Å². The summed E-state index contributed by atoms with van der Waals surface area (Å²) in [4.78, 5) is 0. The molecule has 1 fully saturated rings. The van der Waals surface area contributed by atoms with Gasteiger partial charge in [0.05, 0.1) is 6.61 Å². The van der Waals surface area contributed by atoms with Gasteiger partial charge in [0.25, 0.3) is 7.37 Å². The van der Waals surface area contributed by atoms with Crippen LogP contribution in [0.3, 0.4) is 0 Å². The highest BCUT2D eigenvalue weighted by atomic mass is 31.2. The fourth-order valence-corrected chi connectivity index (χ4v) is 4.30. The predicted octanol–water partition coefficient (Wildman–Crippen LogP) is 0.508. The van der Waals surface area contributed by atoms with Crippen LogP contribution in [0.15, 0.2) is 30.3 Å². The summed E-state index contributed by atoms with van der Waals surface area (Å²) in [7, 11) is -2.51. The van der Waals surface area contributed by atoms with Crippen LogP contribution in [0, 0.1) is 0 Å². The van der Waals surface area contributed by atoms with Gasteiger partial charge in [-0.3, -0.25) is 4.57 Å². The van der Waals surface area contributed by atoms with Crippen molar-refractivity contribution in [3.8, 4) is 0 Å². The van der Waals surface area contributed by atoms with Crippen molar-refractivity contribution in [1.29, 1.82) is 0 Å². The molecule has 7 heteroatoms. The van der Waals surface area contributed by atoms with E-state index >= 15 is 0 Å². The van der Waals surface area contributed by atoms with Crippen LogP contribution in [-0.2, 0) is 20.4 Å². The zero-order valence-electron chi connectivity index (χ0n) is 10.4. The molecule has 0 radical (unpaired) electrons. The Labute approximate surface area is 111 Å². The summed E-state index contributed by atoms with van der Waals surface area (Å²) >= 11 is 0. The maximum absolute atomic E-state index is 12.4. The van der Waals surface area contributed by atoms with Gasteiger partial charge in [-0.2, -0.15) is 0 Å². The minimum absolute atomic E-state index is 0.107. The van der Waals surface area contributed by atoms with E-state index in [4.69, 9.17) is 9.26 Å². The van der Waals surface area contributed by atoms with Gasteiger partial charge >= 0.3 is 0 Å². The van der Waals surface area contributed by atoms with Gasteiger partial charge in [-0.15, -0.1) is 0 Å². The van der Waals surface area contributed by atoms with Crippen molar-refractivity contribution in [2.75, 3.05) is 7.11 Å². The van der Waals surface area contributed by atoms with Crippen LogP contribution in [0.4, 0.5) is 0 Å². The number of rotatable bonds is 4. The highest BCUT2D eigenvalue weighted by Crippen LogP contribution is 2.62. The van der Waals surface area contributed by atoms with Crippen molar-refractivity contribution < 1.29 is 29.1 Å². The molecule has 2 rings (SSSR count). The van der Waals surface area contributed by atoms with Crippen LogP contribution in [0.1, 0.15) is 5.56 Å². The molecule has 3 N–H and O–H groups in total. The Bertz CT molecular complexity index is 465. The van der Waals surface area contributed by atoms with Gasteiger partial charge in [0.15, 0.2) is 11.7 Å². The number of benzene rings is 1. The van der Waals surface area contributed by atoms with E-state index in [9.17, 15) is 19.9 Å². The van der Waals surface area contributed by atoms with Crippen LogP contribution in [0.2, 0.25) is 0 Å². The Morgan fingerprint density at radius 1 is 1.16 bits per heavy atom. The Morgan fingerprint density at radius 3 is 2.37 bits per heavy atom. The number of hydrogen-bond acceptors (Lipinski definition) is 6. The number of aliphatic hydroxyl groups excluding tert-OH is 3. The molecule has 0 amide bonds. The lowest BCUT2D eigenvalue weighted by atomic mass is 10.2. The van der Waals surface area contributed by atoms with Crippen LogP contribution in [0.5, 0.6) is 0 Å². The minimum Gasteiger partial charge on any atom is -0.387 e. The summed E-state index contributed by atoms with van der Waals surface area (Å²) in [6.07, 6.45) is -2.98. The van der Waals surface area contributed by atoms with E-state index in [0.717, 1.165) is 12.7 Å². The predicted molar refractivity (Wildman–Crippen MR) is 67.7 cm³/mol. The van der Waals surface area contributed by atoms with Crippen LogP contribution in [0.25, 0.3) is 0 Å². The minimum atomic E-state index is -3.67. The maximum atomic E-state index is 12.4. The molecule has 1 aromatic carbocycles. The Morgan fingerprint density at radius 2 is 1.79 bits per heavy atom. The van der Waals surface area contributed by atoms with Gasteiger partial charge in [-0.05, 0) is 5.56 Å². The third-order valence-corrected chi connectivity index (χ3v) is 6.00. The molecule has 0 spiro atoms. The molecule has 6 nitrogen and oxygen atoms in total. The molecule has 1 saturated heterocycles. The summed E-state index contributed by atoms with van der Waals surface area (Å²) in [5.41, 5.74) is 0.827. The molecule has 106 valence electrons. The molecular formula is C12H17O6P. The molecule has 0 aliphatic carbocycles. The van der Waals surface area contributed by atoms with Crippen LogP contribution in [-0.4, -0.2) is 46.3 Å². The molecule has 3 unspecified atom stereocenters. The Hall–Kier alpha value is -0.750. The molecule has 1 aliphatic rings. The summed E-state index contributed by atoms with van der Waals surface area (Å²) in [6.45, 7) is 0.107. The van der Waals surface area contributed by atoms with E-state index in [2.05, 4.69) is 0 Å². The number of hydrogen-bond donors (Lipinski definition) is 3. The van der Waals surface area contributed by atoms with Gasteiger partial charge in [-0.1, -0.05) is 30.3 Å². The largest absolute Gasteiger partial charge is 0.387 e. The van der Waals surface area contributed by atoms with E-state index < -0.39 is 31.3 Å². The van der Waals surface area contributed by atoms with E-state index in [-0.39, 0.29) is 6.61 Å². The fraction of sp³-hybridized carbons (Fsp3) is 0.500. The van der Waals surface area contributed by atoms with E-state index in [0.29, 0.717) is 0 Å². The van der Waals surface area contributed by atoms with E-state index in [1.807, 2.05) is 30.3 Å². The summed E-state index contributed by atoms with van der Waals surface area (Å²) in [5.74, 6) is -2.86. The van der Waals surface area contributed by atoms with Gasteiger partial charge < -0.3 is 24.6 Å². The lowest BCUT2D eigenvalue weighted by molar-refractivity contribution is -0.0640. The molecule has 0 bridgehead atoms. The molecule has 1 aromatic rings. The van der Waals surface area contributed by atoms with Crippen LogP contribution < -0.4 is 0 Å². The summed E-state index contributed by atoms with van der Waals surface area (Å²) in [5, 5.41) is 29.0. The van der Waals surface area contributed by atoms with Crippen molar-refractivity contribution >= 4 is 7.37 Å². The first kappa shape index (κ1) is 14.7. The smallest absolute Gasteiger partial charge is 0.263 e. The average Bonchev–Trinajstić information content (AvgIpc) is 2.60. The summed E-state index contributed by atoms with van der Waals surface area (Å²) < 4.78 is 22.6. The zero-order chi connectivity index (χ0) is 14.0. The molecule has 1 aliphatic heterocycles. The van der Waals surface area contributed by atoms with Gasteiger partial charge in [0.1, 0.15) is 12.2 Å². The highest BCUT2D eigenvalue weighted by Gasteiger charge is 2.58. The Kier molecular flexibility index (Phi) is 4.40. The van der Waals surface area contributed by atoms with Gasteiger partial charge in [0.2, 0.25) is 0 Å². The SMILES string of the molecule is COP1(=O)C(O)C(O)[C@H](O)[C@H]1OCc1ccccc1. The Balaban J connectivity index is 2.12. The van der Waals surface area contributed by atoms with Crippen molar-refractivity contribution in [2.24, 2.45) is 0 Å². The molecule has 0 saturated carbocycles. The van der Waals surface area contributed by atoms with E-state index in [1.165, 1.54) is 0 Å². The molecule has 19 heavy (non-hydrogen) atoms. The van der Waals surface area contributed by atoms with Crippen molar-refractivity contribution in [3.63, 3.8) is 0 Å². The standard InChI is InChI=1S/C12H17O6P/c1-17-19(16)11(15)9(13)10(14)12(19)18-7-8-5-3-2-4-6-8/h2-6,9-15H,7H2,1H3/t9?,10-,11?,12-,19?/m0/s1. The monoisotopic (exact) mass is 288 g/mol. The summed E-state index contributed by atoms with van der Waals surface area (Å²) in [6, 6.07) is 9.12. The zero-order valence-corrected chi connectivity index (χ0v) is 11.3. The second kappa shape index (κ2) is 5.71. The third kappa shape index (κ3) is 2.60. The quantitative estimate of drug-likeness (QED) is 0.699. The van der Waals surface area contributed by atoms with Gasteiger partial charge in [0, 0.05) is 7.11 Å². The maximum Gasteiger partial charge on any atom is 0.263 e. The fourth-order valence-electron chi connectivity index (χ4n) is 2.09. The molecule has 0 aromatic heterocycles. The second-order valence-electron chi connectivity index (χ2n) is 4.41.